The molecule has 1 aliphatic carbocycles. The van der Waals surface area contributed by atoms with E-state index >= 15 is 0 Å². The van der Waals surface area contributed by atoms with Gasteiger partial charge in [0.2, 0.25) is 0 Å². The largest absolute Gasteiger partial charge is 0.310 e. The lowest BCUT2D eigenvalue weighted by molar-refractivity contribution is 0.771. The fourth-order valence-corrected chi connectivity index (χ4v) is 12.8. The zero-order valence-corrected chi connectivity index (χ0v) is 40.6. The van der Waals surface area contributed by atoms with E-state index in [1.807, 2.05) is 0 Å². The Balaban J connectivity index is 0.850. The third kappa shape index (κ3) is 6.43. The minimum atomic E-state index is -0.465. The number of fused-ring (bicyclic) bond motifs is 4. The molecule has 1 nitrogen and oxygen atoms in total. The lowest BCUT2D eigenvalue weighted by Crippen LogP contribution is -2.28. The zero-order valence-electron chi connectivity index (χ0n) is 40.6. The lowest BCUT2D eigenvalue weighted by atomic mass is 9.67. The summed E-state index contributed by atoms with van der Waals surface area (Å²) in [5.74, 6) is 0. The van der Waals surface area contributed by atoms with E-state index in [9.17, 15) is 0 Å². The maximum Gasteiger partial charge on any atom is 0.0714 e. The van der Waals surface area contributed by atoms with Crippen LogP contribution in [0.2, 0.25) is 0 Å². The molecule has 344 valence electrons. The smallest absolute Gasteiger partial charge is 0.0714 e. The minimum absolute atomic E-state index is 0.465. The van der Waals surface area contributed by atoms with Crippen molar-refractivity contribution in [2.24, 2.45) is 0 Å². The molecular weight excluding hydrogens is 891 g/mol. The van der Waals surface area contributed by atoms with Crippen LogP contribution in [0.25, 0.3) is 98.0 Å². The predicted octanol–water partition coefficient (Wildman–Crippen LogP) is 19.8. The summed E-state index contributed by atoms with van der Waals surface area (Å²) in [5, 5.41) is 15.1. The quantitative estimate of drug-likeness (QED) is 0.108. The van der Waals surface area contributed by atoms with Gasteiger partial charge < -0.3 is 4.90 Å². The van der Waals surface area contributed by atoms with Crippen LogP contribution in [0.1, 0.15) is 22.3 Å². The first-order valence-corrected chi connectivity index (χ1v) is 25.7. The van der Waals surface area contributed by atoms with Gasteiger partial charge in [0, 0.05) is 17.1 Å². The molecule has 0 saturated heterocycles. The van der Waals surface area contributed by atoms with Crippen molar-refractivity contribution in [2.45, 2.75) is 5.41 Å². The molecule has 0 N–H and O–H groups in total. The number of rotatable bonds is 8. The van der Waals surface area contributed by atoms with Gasteiger partial charge in [-0.05, 0) is 169 Å². The van der Waals surface area contributed by atoms with Gasteiger partial charge in [-0.2, -0.15) is 0 Å². The fourth-order valence-electron chi connectivity index (χ4n) is 12.8. The summed E-state index contributed by atoms with van der Waals surface area (Å²) >= 11 is 0. The van der Waals surface area contributed by atoms with E-state index in [-0.39, 0.29) is 0 Å². The monoisotopic (exact) mass is 937 g/mol. The van der Waals surface area contributed by atoms with Crippen molar-refractivity contribution in [3.8, 4) is 33.4 Å². The van der Waals surface area contributed by atoms with Crippen LogP contribution < -0.4 is 4.90 Å². The van der Waals surface area contributed by atoms with Crippen LogP contribution in [0.3, 0.4) is 0 Å². The molecule has 0 bridgehead atoms. The maximum atomic E-state index is 2.49. The Morgan fingerprint density at radius 2 is 0.635 bits per heavy atom. The highest BCUT2D eigenvalue weighted by Crippen LogP contribution is 2.57. The van der Waals surface area contributed by atoms with Gasteiger partial charge in [0.25, 0.3) is 0 Å². The Morgan fingerprint density at radius 3 is 1.18 bits per heavy atom. The second-order valence-corrected chi connectivity index (χ2v) is 19.9. The van der Waals surface area contributed by atoms with E-state index in [0.29, 0.717) is 0 Å². The molecular formula is C73H47N. The minimum Gasteiger partial charge on any atom is -0.310 e. The van der Waals surface area contributed by atoms with Gasteiger partial charge in [-0.15, -0.1) is 0 Å². The summed E-state index contributed by atoms with van der Waals surface area (Å²) in [5.41, 5.74) is 15.4. The van der Waals surface area contributed by atoms with E-state index in [0.717, 1.165) is 17.1 Å². The molecule has 0 aliphatic heterocycles. The van der Waals surface area contributed by atoms with E-state index in [4.69, 9.17) is 0 Å². The molecule has 1 heteroatoms. The molecule has 74 heavy (non-hydrogen) atoms. The molecule has 0 amide bonds. The van der Waals surface area contributed by atoms with E-state index in [2.05, 4.69) is 290 Å². The van der Waals surface area contributed by atoms with Crippen LogP contribution in [0.5, 0.6) is 0 Å². The highest BCUT2D eigenvalue weighted by Gasteiger charge is 2.45. The molecule has 14 aromatic carbocycles. The molecule has 0 heterocycles. The standard InChI is InChI=1S/C73H47N/c1-3-21-58(22-4-1)73(59-23-5-2-6-24-59)67-29-15-20-51-34-35-56-44-57(47-68(73)72(56)71(51)67)50-30-32-52(33-31-50)69-63-25-11-13-27-65(63)70(66-28-14-12-26-64(66)69)53-38-40-60(41-39-53)74(61-42-36-48-16-7-9-18-54(48)45-61)62-43-37-49-17-8-10-19-55(49)46-62/h1-47H. The van der Waals surface area contributed by atoms with Gasteiger partial charge in [-0.1, -0.05) is 237 Å². The predicted molar refractivity (Wildman–Crippen MR) is 314 cm³/mol. The number of hydrogen-bond donors (Lipinski definition) is 0. The zero-order chi connectivity index (χ0) is 48.7. The molecule has 0 aromatic heterocycles. The third-order valence-corrected chi connectivity index (χ3v) is 16.0. The summed E-state index contributed by atoms with van der Waals surface area (Å²) < 4.78 is 0. The van der Waals surface area contributed by atoms with Gasteiger partial charge >= 0.3 is 0 Å². The number of benzene rings is 14. The van der Waals surface area contributed by atoms with Crippen molar-refractivity contribution in [1.29, 1.82) is 0 Å². The molecule has 0 saturated carbocycles. The highest BCUT2D eigenvalue weighted by atomic mass is 15.1. The first-order valence-electron chi connectivity index (χ1n) is 25.7. The first kappa shape index (κ1) is 42.2. The summed E-state index contributed by atoms with van der Waals surface area (Å²) in [7, 11) is 0. The molecule has 0 atom stereocenters. The highest BCUT2D eigenvalue weighted by molar-refractivity contribution is 6.22. The molecule has 0 spiro atoms. The second-order valence-electron chi connectivity index (χ2n) is 19.9. The fraction of sp³-hybridized carbons (Fsp3) is 0.0137. The number of anilines is 3. The normalized spacial score (nSPS) is 12.7. The van der Waals surface area contributed by atoms with Crippen LogP contribution >= 0.6 is 0 Å². The van der Waals surface area contributed by atoms with Crippen LogP contribution in [-0.4, -0.2) is 0 Å². The van der Waals surface area contributed by atoms with Crippen molar-refractivity contribution in [3.63, 3.8) is 0 Å². The van der Waals surface area contributed by atoms with Gasteiger partial charge in [0.05, 0.1) is 5.41 Å². The SMILES string of the molecule is c1ccc(C2(c3ccccc3)c3cccc4ccc5cc(-c6ccc(-c7c8ccccc8c(-c8ccc(N(c9ccc%10ccccc%10c9)c9ccc%10ccccc%10c9)cc8)c8ccccc78)cc6)cc2c5c34)cc1. The van der Waals surface area contributed by atoms with Gasteiger partial charge in [0.1, 0.15) is 0 Å². The van der Waals surface area contributed by atoms with Crippen molar-refractivity contribution >= 4 is 81.7 Å². The molecule has 0 radical (unpaired) electrons. The van der Waals surface area contributed by atoms with Crippen LogP contribution in [-0.2, 0) is 5.41 Å². The average Bonchev–Trinajstić information content (AvgIpc) is 3.78. The number of nitrogens with zero attached hydrogens (tertiary/aromatic N) is 1. The lowest BCUT2D eigenvalue weighted by Gasteiger charge is -2.34. The van der Waals surface area contributed by atoms with Gasteiger partial charge in [0.15, 0.2) is 0 Å². The second kappa shape index (κ2) is 16.8. The number of hydrogen-bond acceptors (Lipinski definition) is 1. The summed E-state index contributed by atoms with van der Waals surface area (Å²) in [6.07, 6.45) is 0. The molecule has 0 unspecified atom stereocenters. The summed E-state index contributed by atoms with van der Waals surface area (Å²) in [6, 6.07) is 106. The van der Waals surface area contributed by atoms with Crippen molar-refractivity contribution in [1.82, 2.24) is 0 Å². The van der Waals surface area contributed by atoms with Gasteiger partial charge in [-0.3, -0.25) is 0 Å². The molecule has 0 fully saturated rings. The van der Waals surface area contributed by atoms with E-state index < -0.39 is 5.41 Å². The van der Waals surface area contributed by atoms with Crippen molar-refractivity contribution < 1.29 is 0 Å². The van der Waals surface area contributed by atoms with Crippen LogP contribution in [0, 0.1) is 0 Å². The average molecular weight is 938 g/mol. The molecule has 1 aliphatic rings. The van der Waals surface area contributed by atoms with Crippen LogP contribution in [0.4, 0.5) is 17.1 Å². The Kier molecular flexibility index (Phi) is 9.55. The first-order chi connectivity index (χ1) is 36.7. The van der Waals surface area contributed by atoms with Crippen LogP contribution in [0.15, 0.2) is 285 Å². The Morgan fingerprint density at radius 1 is 0.230 bits per heavy atom. The Labute approximate surface area is 430 Å². The third-order valence-electron chi connectivity index (χ3n) is 16.0. The van der Waals surface area contributed by atoms with Gasteiger partial charge in [-0.25, -0.2) is 0 Å². The maximum absolute atomic E-state index is 2.49. The summed E-state index contributed by atoms with van der Waals surface area (Å²) in [4.78, 5) is 2.39. The van der Waals surface area contributed by atoms with E-state index in [1.165, 1.54) is 120 Å². The van der Waals surface area contributed by atoms with Crippen molar-refractivity contribution in [3.05, 3.63) is 307 Å². The topological polar surface area (TPSA) is 3.24 Å². The molecule has 14 aromatic rings. The summed E-state index contributed by atoms with van der Waals surface area (Å²) in [6.45, 7) is 0. The van der Waals surface area contributed by atoms with E-state index in [1.54, 1.807) is 0 Å². The Hall–Kier alpha value is -9.56. The Bertz CT molecular complexity index is 4340. The molecule has 15 rings (SSSR count). The van der Waals surface area contributed by atoms with Crippen molar-refractivity contribution in [2.75, 3.05) is 4.90 Å².